The molecule has 2 rings (SSSR count). The summed E-state index contributed by atoms with van der Waals surface area (Å²) in [6.07, 6.45) is 5.61. The summed E-state index contributed by atoms with van der Waals surface area (Å²) >= 11 is 0. The first-order valence-corrected chi connectivity index (χ1v) is 7.65. The molecule has 20 heavy (non-hydrogen) atoms. The summed E-state index contributed by atoms with van der Waals surface area (Å²) in [5, 5.41) is 11.5. The monoisotopic (exact) mass is 268 g/mol. The molecule has 0 bridgehead atoms. The van der Waals surface area contributed by atoms with E-state index in [1.165, 1.54) is 44.0 Å². The zero-order valence-electron chi connectivity index (χ0n) is 12.5. The van der Waals surface area contributed by atoms with Crippen molar-refractivity contribution in [2.24, 2.45) is 5.92 Å². The van der Waals surface area contributed by atoms with E-state index in [1.54, 1.807) is 0 Å². The van der Waals surface area contributed by atoms with Gasteiger partial charge in [0.2, 0.25) is 0 Å². The van der Waals surface area contributed by atoms with Gasteiger partial charge in [-0.15, -0.1) is 6.58 Å². The highest BCUT2D eigenvalue weighted by Gasteiger charge is 2.22. The molecule has 0 spiro atoms. The highest BCUT2D eigenvalue weighted by atomic mass is 15.0. The Bertz CT molecular complexity index is 447. The fourth-order valence-electron chi connectivity index (χ4n) is 3.10. The Morgan fingerprint density at radius 3 is 2.70 bits per heavy atom. The van der Waals surface area contributed by atoms with Crippen LogP contribution >= 0.6 is 0 Å². The number of benzene rings is 1. The topological polar surface area (TPSA) is 35.9 Å². The first-order chi connectivity index (χ1) is 9.63. The van der Waals surface area contributed by atoms with Crippen molar-refractivity contribution in [2.75, 3.05) is 0 Å². The largest absolute Gasteiger partial charge is 0.379 e. The summed E-state index contributed by atoms with van der Waals surface area (Å²) in [4.78, 5) is 0. The van der Waals surface area contributed by atoms with E-state index in [1.807, 2.05) is 18.2 Å². The predicted octanol–water partition coefficient (Wildman–Crippen LogP) is 3.35. The van der Waals surface area contributed by atoms with Crippen LogP contribution in [0.15, 0.2) is 42.5 Å². The van der Waals surface area contributed by atoms with E-state index in [4.69, 9.17) is 5.41 Å². The third-order valence-electron chi connectivity index (χ3n) is 4.09. The van der Waals surface area contributed by atoms with Crippen molar-refractivity contribution in [3.05, 3.63) is 48.0 Å². The van der Waals surface area contributed by atoms with Crippen molar-refractivity contribution in [3.8, 4) is 0 Å². The van der Waals surface area contributed by atoms with Crippen LogP contribution in [0.4, 0.5) is 0 Å². The molecule has 0 amide bonds. The molecule has 1 aliphatic rings. The second-order valence-corrected chi connectivity index (χ2v) is 6.16. The Balaban J connectivity index is 1.72. The molecule has 1 saturated heterocycles. The zero-order valence-corrected chi connectivity index (χ0v) is 12.5. The lowest BCUT2D eigenvalue weighted by Gasteiger charge is -2.29. The van der Waals surface area contributed by atoms with Gasteiger partial charge >= 0.3 is 0 Å². The van der Waals surface area contributed by atoms with Gasteiger partial charge in [-0.2, -0.15) is 0 Å². The molecule has 1 heterocycles. The quantitative estimate of drug-likeness (QED) is 0.365. The molecule has 2 unspecified atom stereocenters. The maximum atomic E-state index is 8.10. The molecule has 0 saturated carbocycles. The van der Waals surface area contributed by atoms with Gasteiger partial charge in [-0.1, -0.05) is 42.2 Å². The normalized spacial score (nSPS) is 21.9. The third-order valence-corrected chi connectivity index (χ3v) is 4.09. The van der Waals surface area contributed by atoms with Gasteiger partial charge < -0.3 is 5.32 Å². The molecular formula is C17H25BN2. The standard InChI is InChI=1S/C17H25BN2/c1-13(2)10-15-8-9-16(18-12-15)20-17(19)11-14-6-4-3-5-7-14/h3-7,15-16,18H,1,8-12H2,2H3,(H2,19,20). The third kappa shape index (κ3) is 4.88. The Hall–Kier alpha value is -1.51. The molecule has 106 valence electrons. The van der Waals surface area contributed by atoms with Gasteiger partial charge in [0.1, 0.15) is 7.28 Å². The zero-order chi connectivity index (χ0) is 14.4. The second-order valence-electron chi connectivity index (χ2n) is 6.16. The first-order valence-electron chi connectivity index (χ1n) is 7.65. The van der Waals surface area contributed by atoms with Gasteiger partial charge in [0.15, 0.2) is 0 Å². The van der Waals surface area contributed by atoms with Crippen molar-refractivity contribution < 1.29 is 0 Å². The Kier molecular flexibility index (Phi) is 5.45. The fraction of sp³-hybridized carbons (Fsp3) is 0.471. The molecule has 0 aromatic heterocycles. The van der Waals surface area contributed by atoms with Gasteiger partial charge in [-0.05, 0) is 43.6 Å². The minimum absolute atomic E-state index is 0.493. The SMILES string of the molecule is C=C(C)CC1CBC(NC(=N)Cc2ccccc2)CC1. The lowest BCUT2D eigenvalue weighted by atomic mass is 9.55. The number of nitrogens with one attached hydrogen (secondary N) is 2. The Morgan fingerprint density at radius 1 is 1.35 bits per heavy atom. The molecule has 2 atom stereocenters. The number of hydrogen-bond acceptors (Lipinski definition) is 1. The molecule has 2 nitrogen and oxygen atoms in total. The molecule has 0 aliphatic carbocycles. The molecule has 1 fully saturated rings. The summed E-state index contributed by atoms with van der Waals surface area (Å²) < 4.78 is 0. The molecule has 1 aromatic carbocycles. The van der Waals surface area contributed by atoms with Crippen molar-refractivity contribution in [2.45, 2.75) is 44.9 Å². The van der Waals surface area contributed by atoms with E-state index in [0.29, 0.717) is 18.2 Å². The van der Waals surface area contributed by atoms with Gasteiger partial charge in [0, 0.05) is 6.42 Å². The lowest BCUT2D eigenvalue weighted by molar-refractivity contribution is 0.460. The van der Waals surface area contributed by atoms with Crippen LogP contribution in [0.25, 0.3) is 0 Å². The molecule has 0 radical (unpaired) electrons. The fourth-order valence-corrected chi connectivity index (χ4v) is 3.10. The van der Waals surface area contributed by atoms with Gasteiger partial charge in [-0.25, -0.2) is 0 Å². The maximum absolute atomic E-state index is 8.10. The van der Waals surface area contributed by atoms with E-state index >= 15 is 0 Å². The Morgan fingerprint density at radius 2 is 2.10 bits per heavy atom. The van der Waals surface area contributed by atoms with Crippen molar-refractivity contribution in [1.82, 2.24) is 5.32 Å². The number of allylic oxidation sites excluding steroid dienone is 1. The van der Waals surface area contributed by atoms with Crippen LogP contribution in [0.3, 0.4) is 0 Å². The van der Waals surface area contributed by atoms with Crippen LogP contribution in [0.5, 0.6) is 0 Å². The van der Waals surface area contributed by atoms with Gasteiger partial charge in [0.05, 0.1) is 5.84 Å². The van der Waals surface area contributed by atoms with E-state index in [2.05, 4.69) is 31.0 Å². The average Bonchev–Trinajstić information content (AvgIpc) is 2.41. The Labute approximate surface area is 123 Å². The molecule has 1 aliphatic heterocycles. The summed E-state index contributed by atoms with van der Waals surface area (Å²) in [6, 6.07) is 10.3. The van der Waals surface area contributed by atoms with Crippen LogP contribution in [-0.4, -0.2) is 19.1 Å². The molecule has 1 aromatic rings. The summed E-state index contributed by atoms with van der Waals surface area (Å²) in [6.45, 7) is 6.14. The van der Waals surface area contributed by atoms with E-state index in [-0.39, 0.29) is 0 Å². The van der Waals surface area contributed by atoms with Gasteiger partial charge in [-0.3, -0.25) is 5.41 Å². The van der Waals surface area contributed by atoms with Crippen LogP contribution in [0, 0.1) is 11.3 Å². The van der Waals surface area contributed by atoms with E-state index < -0.39 is 0 Å². The smallest absolute Gasteiger partial charge is 0.149 e. The minimum atomic E-state index is 0.493. The minimum Gasteiger partial charge on any atom is -0.379 e. The van der Waals surface area contributed by atoms with Crippen molar-refractivity contribution >= 4 is 13.1 Å². The highest BCUT2D eigenvalue weighted by Crippen LogP contribution is 2.25. The highest BCUT2D eigenvalue weighted by molar-refractivity contribution is 6.38. The molecule has 3 heteroatoms. The van der Waals surface area contributed by atoms with Crippen LogP contribution in [0.1, 0.15) is 31.7 Å². The number of rotatable bonds is 5. The summed E-state index contributed by atoms with van der Waals surface area (Å²) in [5.41, 5.74) is 2.51. The van der Waals surface area contributed by atoms with Crippen LogP contribution in [-0.2, 0) is 6.42 Å². The van der Waals surface area contributed by atoms with Crippen LogP contribution in [0.2, 0.25) is 6.32 Å². The maximum Gasteiger partial charge on any atom is 0.149 e. The number of amidine groups is 1. The average molecular weight is 268 g/mol. The summed E-state index contributed by atoms with van der Waals surface area (Å²) in [7, 11) is 1.19. The summed E-state index contributed by atoms with van der Waals surface area (Å²) in [5.74, 6) is 1.96. The predicted molar refractivity (Wildman–Crippen MR) is 88.9 cm³/mol. The molecular weight excluding hydrogens is 243 g/mol. The van der Waals surface area contributed by atoms with Gasteiger partial charge in [0.25, 0.3) is 0 Å². The van der Waals surface area contributed by atoms with Crippen LogP contribution < -0.4 is 5.32 Å². The van der Waals surface area contributed by atoms with E-state index in [9.17, 15) is 0 Å². The molecule has 2 N–H and O–H groups in total. The van der Waals surface area contributed by atoms with Crippen molar-refractivity contribution in [1.29, 1.82) is 5.41 Å². The first kappa shape index (κ1) is 14.9. The number of hydrogen-bond donors (Lipinski definition) is 2. The second kappa shape index (κ2) is 7.32. The van der Waals surface area contributed by atoms with E-state index in [0.717, 1.165) is 5.92 Å². The lowest BCUT2D eigenvalue weighted by Crippen LogP contribution is -2.42. The van der Waals surface area contributed by atoms with Crippen molar-refractivity contribution in [3.63, 3.8) is 0 Å².